The van der Waals surface area contributed by atoms with E-state index in [2.05, 4.69) is 84.7 Å². The van der Waals surface area contributed by atoms with Crippen molar-refractivity contribution in [2.45, 2.75) is 13.3 Å². The monoisotopic (exact) mass is 271 g/mol. The molecule has 2 aliphatic rings. The Morgan fingerprint density at radius 2 is 1.62 bits per heavy atom. The number of anilines is 2. The van der Waals surface area contributed by atoms with Crippen LogP contribution in [0.5, 0.6) is 0 Å². The van der Waals surface area contributed by atoms with Gasteiger partial charge in [-0.15, -0.1) is 0 Å². The zero-order chi connectivity index (χ0) is 14.2. The Morgan fingerprint density at radius 3 is 2.48 bits per heavy atom. The summed E-state index contributed by atoms with van der Waals surface area (Å²) in [6.07, 6.45) is 9.71. The molecule has 0 radical (unpaired) electrons. The van der Waals surface area contributed by atoms with Crippen LogP contribution in [0.4, 0.5) is 11.4 Å². The molecule has 0 unspecified atom stereocenters. The van der Waals surface area contributed by atoms with Gasteiger partial charge in [-0.1, -0.05) is 54.1 Å². The average molecular weight is 271 g/mol. The van der Waals surface area contributed by atoms with Gasteiger partial charge in [0.05, 0.1) is 5.69 Å². The van der Waals surface area contributed by atoms with Gasteiger partial charge in [0, 0.05) is 23.4 Å². The van der Waals surface area contributed by atoms with Crippen molar-refractivity contribution in [1.82, 2.24) is 0 Å². The molecule has 0 amide bonds. The van der Waals surface area contributed by atoms with E-state index in [0.29, 0.717) is 0 Å². The van der Waals surface area contributed by atoms with Gasteiger partial charge in [-0.3, -0.25) is 0 Å². The molecule has 1 heteroatoms. The van der Waals surface area contributed by atoms with Gasteiger partial charge < -0.3 is 4.90 Å². The van der Waals surface area contributed by atoms with Crippen molar-refractivity contribution < 1.29 is 0 Å². The fourth-order valence-electron chi connectivity index (χ4n) is 3.08. The molecule has 0 saturated heterocycles. The van der Waals surface area contributed by atoms with Crippen LogP contribution < -0.4 is 4.90 Å². The predicted octanol–water partition coefficient (Wildman–Crippen LogP) is 5.37. The molecule has 2 aromatic carbocycles. The summed E-state index contributed by atoms with van der Waals surface area (Å²) in [5.41, 5.74) is 7.86. The molecule has 1 nitrogen and oxygen atoms in total. The largest absolute Gasteiger partial charge is 0.313 e. The van der Waals surface area contributed by atoms with Crippen molar-refractivity contribution in [3.05, 3.63) is 89.7 Å². The SMILES string of the molecule is Cc1ccc(N2C3=CC=CC=C(C3)c3ccccc32)cc1. The minimum Gasteiger partial charge on any atom is -0.313 e. The van der Waals surface area contributed by atoms with Crippen molar-refractivity contribution in [1.29, 1.82) is 0 Å². The van der Waals surface area contributed by atoms with Gasteiger partial charge in [-0.25, -0.2) is 0 Å². The van der Waals surface area contributed by atoms with Gasteiger partial charge in [0.2, 0.25) is 0 Å². The zero-order valence-electron chi connectivity index (χ0n) is 12.1. The first-order valence-corrected chi connectivity index (χ1v) is 7.35. The van der Waals surface area contributed by atoms with Crippen LogP contribution in [0.3, 0.4) is 0 Å². The van der Waals surface area contributed by atoms with Crippen LogP contribution >= 0.6 is 0 Å². The highest BCUT2D eigenvalue weighted by Gasteiger charge is 2.25. The van der Waals surface area contributed by atoms with Crippen molar-refractivity contribution in [2.75, 3.05) is 4.90 Å². The highest BCUT2D eigenvalue weighted by molar-refractivity contribution is 5.88. The molecule has 21 heavy (non-hydrogen) atoms. The minimum absolute atomic E-state index is 0.984. The number of fused-ring (bicyclic) bond motifs is 4. The Hall–Kier alpha value is -2.54. The van der Waals surface area contributed by atoms with E-state index in [9.17, 15) is 0 Å². The molecule has 0 saturated carbocycles. The molecular weight excluding hydrogens is 254 g/mol. The van der Waals surface area contributed by atoms with Crippen LogP contribution in [0.2, 0.25) is 0 Å². The van der Waals surface area contributed by atoms with E-state index in [4.69, 9.17) is 0 Å². The lowest BCUT2D eigenvalue weighted by molar-refractivity contribution is 1.05. The van der Waals surface area contributed by atoms with Crippen molar-refractivity contribution in [3.8, 4) is 0 Å². The van der Waals surface area contributed by atoms with Crippen molar-refractivity contribution in [2.24, 2.45) is 0 Å². The van der Waals surface area contributed by atoms with Crippen molar-refractivity contribution >= 4 is 16.9 Å². The maximum atomic E-state index is 2.38. The molecular formula is C20H17N. The van der Waals surface area contributed by atoms with E-state index in [-0.39, 0.29) is 0 Å². The maximum absolute atomic E-state index is 2.38. The lowest BCUT2D eigenvalue weighted by Gasteiger charge is -2.34. The van der Waals surface area contributed by atoms with E-state index in [1.165, 1.54) is 33.8 Å². The smallest absolute Gasteiger partial charge is 0.0533 e. The van der Waals surface area contributed by atoms with E-state index >= 15 is 0 Å². The molecule has 0 fully saturated rings. The zero-order valence-corrected chi connectivity index (χ0v) is 12.1. The van der Waals surface area contributed by atoms with Gasteiger partial charge in [0.15, 0.2) is 0 Å². The lowest BCUT2D eigenvalue weighted by atomic mass is 9.93. The highest BCUT2D eigenvalue weighted by atomic mass is 15.2. The van der Waals surface area contributed by atoms with Gasteiger partial charge in [-0.05, 0) is 36.8 Å². The Bertz CT molecular complexity index is 776. The summed E-state index contributed by atoms with van der Waals surface area (Å²) in [6.45, 7) is 2.13. The van der Waals surface area contributed by atoms with Gasteiger partial charge in [0.1, 0.15) is 0 Å². The Labute approximate surface area is 125 Å². The van der Waals surface area contributed by atoms with Gasteiger partial charge >= 0.3 is 0 Å². The highest BCUT2D eigenvalue weighted by Crippen LogP contribution is 2.44. The maximum Gasteiger partial charge on any atom is 0.0533 e. The molecule has 2 bridgehead atoms. The van der Waals surface area contributed by atoms with E-state index < -0.39 is 0 Å². The molecule has 0 aromatic heterocycles. The third kappa shape index (κ3) is 2.02. The number of nitrogens with zero attached hydrogens (tertiary/aromatic N) is 1. The third-order valence-electron chi connectivity index (χ3n) is 4.14. The molecule has 0 N–H and O–H groups in total. The van der Waals surface area contributed by atoms with Gasteiger partial charge in [-0.2, -0.15) is 0 Å². The lowest BCUT2D eigenvalue weighted by Crippen LogP contribution is -2.21. The minimum atomic E-state index is 0.984. The fourth-order valence-corrected chi connectivity index (χ4v) is 3.08. The first-order chi connectivity index (χ1) is 10.3. The van der Waals surface area contributed by atoms with Crippen molar-refractivity contribution in [3.63, 3.8) is 0 Å². The molecule has 0 spiro atoms. The standard InChI is InChI=1S/C20H17N/c1-15-10-12-17(13-11-15)21-18-7-3-2-6-16(14-18)19-8-4-5-9-20(19)21/h2-13H,14H2,1H3. The predicted molar refractivity (Wildman–Crippen MR) is 89.6 cm³/mol. The first-order valence-electron chi connectivity index (χ1n) is 7.35. The van der Waals surface area contributed by atoms with Crippen LogP contribution in [-0.4, -0.2) is 0 Å². The van der Waals surface area contributed by atoms with Crippen LogP contribution in [0, 0.1) is 6.92 Å². The number of rotatable bonds is 1. The molecule has 1 aliphatic carbocycles. The second-order valence-corrected chi connectivity index (χ2v) is 5.60. The van der Waals surface area contributed by atoms with Crippen LogP contribution in [0.15, 0.2) is 78.5 Å². The summed E-state index contributed by atoms with van der Waals surface area (Å²) >= 11 is 0. The summed E-state index contributed by atoms with van der Waals surface area (Å²) in [5.74, 6) is 0. The number of benzene rings is 2. The molecule has 102 valence electrons. The summed E-state index contributed by atoms with van der Waals surface area (Å²) in [4.78, 5) is 2.38. The number of hydrogen-bond donors (Lipinski definition) is 0. The number of hydrogen-bond acceptors (Lipinski definition) is 1. The summed E-state index contributed by atoms with van der Waals surface area (Å²) in [7, 11) is 0. The number of para-hydroxylation sites is 1. The fraction of sp³-hybridized carbons (Fsp3) is 0.100. The summed E-state index contributed by atoms with van der Waals surface area (Å²) in [5, 5.41) is 0. The second kappa shape index (κ2) is 4.78. The Morgan fingerprint density at radius 1 is 0.857 bits per heavy atom. The van der Waals surface area contributed by atoms with Crippen LogP contribution in [0.1, 0.15) is 17.5 Å². The van der Waals surface area contributed by atoms with Gasteiger partial charge in [0.25, 0.3) is 0 Å². The second-order valence-electron chi connectivity index (χ2n) is 5.60. The quantitative estimate of drug-likeness (QED) is 0.673. The average Bonchev–Trinajstić information content (AvgIpc) is 2.73. The molecule has 2 aromatic rings. The Kier molecular flexibility index (Phi) is 2.78. The summed E-state index contributed by atoms with van der Waals surface area (Å²) < 4.78 is 0. The van der Waals surface area contributed by atoms with E-state index in [1.807, 2.05) is 0 Å². The molecule has 0 atom stereocenters. The van der Waals surface area contributed by atoms with E-state index in [0.717, 1.165) is 6.42 Å². The molecule has 1 aliphatic heterocycles. The number of aryl methyl sites for hydroxylation is 1. The third-order valence-corrected chi connectivity index (χ3v) is 4.14. The van der Waals surface area contributed by atoms with Crippen LogP contribution in [-0.2, 0) is 0 Å². The normalized spacial score (nSPS) is 16.0. The first kappa shape index (κ1) is 12.2. The molecule has 1 heterocycles. The Balaban J connectivity index is 1.95. The summed E-state index contributed by atoms with van der Waals surface area (Å²) in [6, 6.07) is 17.4. The topological polar surface area (TPSA) is 3.24 Å². The van der Waals surface area contributed by atoms with Crippen LogP contribution in [0.25, 0.3) is 5.57 Å². The molecule has 4 rings (SSSR count). The van der Waals surface area contributed by atoms with E-state index in [1.54, 1.807) is 0 Å². The number of allylic oxidation sites excluding steroid dienone is 5.